The molecular formula is C19H17NO5. The lowest BCUT2D eigenvalue weighted by molar-refractivity contribution is -0.174. The van der Waals surface area contributed by atoms with E-state index >= 15 is 0 Å². The van der Waals surface area contributed by atoms with Crippen molar-refractivity contribution in [3.8, 4) is 11.1 Å². The lowest BCUT2D eigenvalue weighted by atomic mass is 9.95. The van der Waals surface area contributed by atoms with Crippen molar-refractivity contribution in [3.05, 3.63) is 59.7 Å². The van der Waals surface area contributed by atoms with E-state index in [4.69, 9.17) is 9.84 Å². The molecule has 0 bridgehead atoms. The van der Waals surface area contributed by atoms with Crippen molar-refractivity contribution < 1.29 is 24.5 Å². The first-order valence-corrected chi connectivity index (χ1v) is 8.05. The summed E-state index contributed by atoms with van der Waals surface area (Å²) in [6.45, 7) is -0.327. The third kappa shape index (κ3) is 2.46. The highest BCUT2D eigenvalue weighted by atomic mass is 16.6. The number of likely N-dealkylation sites (tertiary alicyclic amines) is 1. The van der Waals surface area contributed by atoms with Gasteiger partial charge in [0.2, 0.25) is 0 Å². The largest absolute Gasteiger partial charge is 0.479 e. The first-order valence-electron chi connectivity index (χ1n) is 8.05. The number of fused-ring (bicyclic) bond motifs is 3. The average molecular weight is 339 g/mol. The van der Waals surface area contributed by atoms with Gasteiger partial charge in [-0.1, -0.05) is 48.5 Å². The van der Waals surface area contributed by atoms with Crippen LogP contribution in [-0.4, -0.2) is 52.5 Å². The molecule has 0 aromatic heterocycles. The number of ether oxygens (including phenoxy) is 1. The molecule has 0 saturated carbocycles. The fourth-order valence-corrected chi connectivity index (χ4v) is 3.53. The zero-order valence-electron chi connectivity index (χ0n) is 13.4. The monoisotopic (exact) mass is 339 g/mol. The molecule has 0 unspecified atom stereocenters. The molecule has 128 valence electrons. The lowest BCUT2D eigenvalue weighted by Gasteiger charge is -2.42. The standard InChI is InChI=1S/C19H17NO5/c21-17(22)19(24)10-20(11-19)18(23)25-9-16-14-7-3-1-5-12(14)13-6-2-4-8-15(13)16/h1-8,16,24H,9-11H2,(H,21,22). The molecule has 6 heteroatoms. The number of aliphatic carboxylic acids is 1. The highest BCUT2D eigenvalue weighted by Crippen LogP contribution is 2.44. The van der Waals surface area contributed by atoms with E-state index in [1.807, 2.05) is 36.4 Å². The van der Waals surface area contributed by atoms with Gasteiger partial charge in [0.25, 0.3) is 0 Å². The first kappa shape index (κ1) is 15.7. The Kier molecular flexibility index (Phi) is 3.51. The zero-order valence-corrected chi connectivity index (χ0v) is 13.4. The molecule has 2 aliphatic rings. The van der Waals surface area contributed by atoms with E-state index in [-0.39, 0.29) is 25.6 Å². The van der Waals surface area contributed by atoms with Gasteiger partial charge in [0.05, 0.1) is 13.1 Å². The number of carboxylic acids is 1. The molecule has 4 rings (SSSR count). The van der Waals surface area contributed by atoms with E-state index in [2.05, 4.69) is 12.1 Å². The van der Waals surface area contributed by atoms with Crippen LogP contribution in [0.5, 0.6) is 0 Å². The molecule has 0 atom stereocenters. The summed E-state index contributed by atoms with van der Waals surface area (Å²) < 4.78 is 5.40. The average Bonchev–Trinajstić information content (AvgIpc) is 2.91. The quantitative estimate of drug-likeness (QED) is 0.894. The van der Waals surface area contributed by atoms with Crippen LogP contribution in [0.3, 0.4) is 0 Å². The number of rotatable bonds is 3. The molecule has 1 aliphatic heterocycles. The van der Waals surface area contributed by atoms with Crippen molar-refractivity contribution in [1.82, 2.24) is 4.90 Å². The van der Waals surface area contributed by atoms with Gasteiger partial charge in [-0.15, -0.1) is 0 Å². The number of carbonyl (C=O) groups is 2. The minimum absolute atomic E-state index is 0.0454. The fourth-order valence-electron chi connectivity index (χ4n) is 3.53. The Morgan fingerprint density at radius 1 is 1.04 bits per heavy atom. The summed E-state index contributed by atoms with van der Waals surface area (Å²) in [5, 5.41) is 18.6. The number of carboxylic acid groups (broad SMARTS) is 1. The number of aliphatic hydroxyl groups is 1. The van der Waals surface area contributed by atoms with Gasteiger partial charge in [0, 0.05) is 5.92 Å². The van der Waals surface area contributed by atoms with Crippen molar-refractivity contribution >= 4 is 12.1 Å². The Morgan fingerprint density at radius 2 is 1.56 bits per heavy atom. The maximum atomic E-state index is 12.1. The minimum Gasteiger partial charge on any atom is -0.479 e. The molecule has 1 aliphatic carbocycles. The Bertz CT molecular complexity index is 811. The molecule has 1 heterocycles. The van der Waals surface area contributed by atoms with E-state index in [9.17, 15) is 14.7 Å². The van der Waals surface area contributed by atoms with Gasteiger partial charge in [-0.05, 0) is 22.3 Å². The molecule has 0 radical (unpaired) electrons. The summed E-state index contributed by atoms with van der Waals surface area (Å²) in [4.78, 5) is 24.2. The van der Waals surface area contributed by atoms with E-state index in [0.29, 0.717) is 0 Å². The van der Waals surface area contributed by atoms with Crippen LogP contribution < -0.4 is 0 Å². The van der Waals surface area contributed by atoms with Crippen LogP contribution in [0, 0.1) is 0 Å². The van der Waals surface area contributed by atoms with Crippen molar-refractivity contribution in [2.75, 3.05) is 19.7 Å². The number of benzene rings is 2. The Hall–Kier alpha value is -2.86. The van der Waals surface area contributed by atoms with Crippen molar-refractivity contribution in [3.63, 3.8) is 0 Å². The summed E-state index contributed by atoms with van der Waals surface area (Å²) in [5.74, 6) is -1.37. The maximum Gasteiger partial charge on any atom is 0.410 e. The number of hydrogen-bond acceptors (Lipinski definition) is 4. The maximum absolute atomic E-state index is 12.1. The SMILES string of the molecule is O=C(OCC1c2ccccc2-c2ccccc21)N1CC(O)(C(=O)O)C1. The molecule has 0 spiro atoms. The highest BCUT2D eigenvalue weighted by molar-refractivity contribution is 5.83. The van der Waals surface area contributed by atoms with Gasteiger partial charge >= 0.3 is 12.1 Å². The molecular weight excluding hydrogens is 322 g/mol. The molecule has 1 amide bonds. The molecule has 1 saturated heterocycles. The lowest BCUT2D eigenvalue weighted by Crippen LogP contribution is -2.67. The second-order valence-electron chi connectivity index (χ2n) is 6.50. The van der Waals surface area contributed by atoms with E-state index < -0.39 is 17.7 Å². The zero-order chi connectivity index (χ0) is 17.6. The summed E-state index contributed by atoms with van der Waals surface area (Å²) >= 11 is 0. The molecule has 1 fully saturated rings. The summed E-state index contributed by atoms with van der Waals surface area (Å²) in [7, 11) is 0. The Labute approximate surface area is 144 Å². The van der Waals surface area contributed by atoms with E-state index in [1.54, 1.807) is 0 Å². The summed E-state index contributed by atoms with van der Waals surface area (Å²) in [6, 6.07) is 16.1. The van der Waals surface area contributed by atoms with Crippen molar-refractivity contribution in [2.45, 2.75) is 11.5 Å². The van der Waals surface area contributed by atoms with E-state index in [0.717, 1.165) is 22.3 Å². The molecule has 2 aromatic carbocycles. The number of hydrogen-bond donors (Lipinski definition) is 2. The van der Waals surface area contributed by atoms with Crippen LogP contribution in [0.25, 0.3) is 11.1 Å². The van der Waals surface area contributed by atoms with Crippen LogP contribution in [0.2, 0.25) is 0 Å². The highest BCUT2D eigenvalue weighted by Gasteiger charge is 2.50. The summed E-state index contributed by atoms with van der Waals surface area (Å²) in [6.07, 6.45) is -0.604. The van der Waals surface area contributed by atoms with Crippen LogP contribution in [0.4, 0.5) is 4.79 Å². The Morgan fingerprint density at radius 3 is 2.08 bits per heavy atom. The van der Waals surface area contributed by atoms with Gasteiger partial charge in [-0.2, -0.15) is 0 Å². The normalized spacial score (nSPS) is 17.4. The third-order valence-corrected chi connectivity index (χ3v) is 4.90. The van der Waals surface area contributed by atoms with Gasteiger partial charge < -0.3 is 19.8 Å². The number of nitrogens with zero attached hydrogens (tertiary/aromatic N) is 1. The van der Waals surface area contributed by atoms with Gasteiger partial charge in [-0.25, -0.2) is 9.59 Å². The fraction of sp³-hybridized carbons (Fsp3) is 0.263. The predicted molar refractivity (Wildman–Crippen MR) is 89.2 cm³/mol. The van der Waals surface area contributed by atoms with Gasteiger partial charge in [0.15, 0.2) is 5.60 Å². The number of β-amino-alcohol motifs (C(OH)–C–C–N with tert-alkyl or cyclic N) is 1. The Balaban J connectivity index is 1.47. The van der Waals surface area contributed by atoms with Gasteiger partial charge in [0.1, 0.15) is 6.61 Å². The van der Waals surface area contributed by atoms with Crippen LogP contribution >= 0.6 is 0 Å². The minimum atomic E-state index is -1.86. The first-order chi connectivity index (χ1) is 12.0. The number of carbonyl (C=O) groups excluding carboxylic acids is 1. The molecule has 25 heavy (non-hydrogen) atoms. The number of amides is 1. The molecule has 6 nitrogen and oxygen atoms in total. The van der Waals surface area contributed by atoms with Crippen molar-refractivity contribution in [2.24, 2.45) is 0 Å². The van der Waals surface area contributed by atoms with Crippen LogP contribution in [-0.2, 0) is 9.53 Å². The predicted octanol–water partition coefficient (Wildman–Crippen LogP) is 2.07. The second-order valence-corrected chi connectivity index (χ2v) is 6.50. The van der Waals surface area contributed by atoms with Crippen LogP contribution in [0.1, 0.15) is 17.0 Å². The second kappa shape index (κ2) is 5.60. The molecule has 2 N–H and O–H groups in total. The summed E-state index contributed by atoms with van der Waals surface area (Å²) in [5.41, 5.74) is 2.65. The van der Waals surface area contributed by atoms with Crippen molar-refractivity contribution in [1.29, 1.82) is 0 Å². The smallest absolute Gasteiger partial charge is 0.410 e. The topological polar surface area (TPSA) is 87.1 Å². The van der Waals surface area contributed by atoms with E-state index in [1.165, 1.54) is 4.90 Å². The third-order valence-electron chi connectivity index (χ3n) is 4.90. The van der Waals surface area contributed by atoms with Crippen LogP contribution in [0.15, 0.2) is 48.5 Å². The molecule has 2 aromatic rings. The van der Waals surface area contributed by atoms with Gasteiger partial charge in [-0.3, -0.25) is 0 Å².